The molecule has 0 aromatic heterocycles. The smallest absolute Gasteiger partial charge is 0.0646 e. The molecular formula is C13H20O. The minimum absolute atomic E-state index is 0.160. The lowest BCUT2D eigenvalue weighted by molar-refractivity contribution is 0.163. The zero-order valence-electron chi connectivity index (χ0n) is 9.33. The van der Waals surface area contributed by atoms with E-state index in [2.05, 4.69) is 32.9 Å². The molecule has 0 amide bonds. The first-order valence-electron chi connectivity index (χ1n) is 5.46. The van der Waals surface area contributed by atoms with E-state index in [1.54, 1.807) is 0 Å². The Bertz CT molecular complexity index is 280. The third-order valence-electron chi connectivity index (χ3n) is 2.55. The molecule has 1 aliphatic carbocycles. The first kappa shape index (κ1) is 11.3. The lowest BCUT2D eigenvalue weighted by Gasteiger charge is -2.07. The zero-order valence-corrected chi connectivity index (χ0v) is 9.33. The molecule has 1 aliphatic rings. The van der Waals surface area contributed by atoms with E-state index in [0.29, 0.717) is 5.92 Å². The Morgan fingerprint density at radius 2 is 1.86 bits per heavy atom. The standard InChI is InChI=1S/C10H12O.C3H8/c1-7-9-5-3-2-4-8(9)6-10(7)11;1-3-2/h2-5,7,10-11H,6H2,1H3;3H2,1-2H3/t7-,10+;/m0./s1. The predicted octanol–water partition coefficient (Wildman–Crippen LogP) is 3.12. The Morgan fingerprint density at radius 3 is 2.43 bits per heavy atom. The maximum atomic E-state index is 9.52. The SMILES string of the molecule is CCC.C[C@H]1c2ccccc2C[C@H]1O. The summed E-state index contributed by atoms with van der Waals surface area (Å²) in [6, 6.07) is 8.27. The first-order valence-corrected chi connectivity index (χ1v) is 5.46. The molecule has 0 radical (unpaired) electrons. The van der Waals surface area contributed by atoms with Gasteiger partial charge in [0.05, 0.1) is 6.10 Å². The van der Waals surface area contributed by atoms with Crippen LogP contribution in [0.5, 0.6) is 0 Å². The molecule has 1 N–H and O–H groups in total. The molecule has 0 saturated carbocycles. The van der Waals surface area contributed by atoms with Crippen LogP contribution in [0, 0.1) is 0 Å². The average molecular weight is 192 g/mol. The number of aliphatic hydroxyl groups excluding tert-OH is 1. The first-order chi connectivity index (χ1) is 6.70. The van der Waals surface area contributed by atoms with Gasteiger partial charge >= 0.3 is 0 Å². The predicted molar refractivity (Wildman–Crippen MR) is 60.5 cm³/mol. The molecule has 2 atom stereocenters. The summed E-state index contributed by atoms with van der Waals surface area (Å²) in [4.78, 5) is 0. The largest absolute Gasteiger partial charge is 0.392 e. The fourth-order valence-corrected chi connectivity index (χ4v) is 1.77. The van der Waals surface area contributed by atoms with Crippen molar-refractivity contribution in [1.29, 1.82) is 0 Å². The Hall–Kier alpha value is -0.820. The van der Waals surface area contributed by atoms with Crippen LogP contribution >= 0.6 is 0 Å². The minimum Gasteiger partial charge on any atom is -0.392 e. The molecule has 0 unspecified atom stereocenters. The van der Waals surface area contributed by atoms with E-state index in [9.17, 15) is 5.11 Å². The fourth-order valence-electron chi connectivity index (χ4n) is 1.77. The van der Waals surface area contributed by atoms with Crippen molar-refractivity contribution in [2.45, 2.75) is 45.6 Å². The number of hydrogen-bond acceptors (Lipinski definition) is 1. The van der Waals surface area contributed by atoms with Gasteiger partial charge in [0.1, 0.15) is 0 Å². The summed E-state index contributed by atoms with van der Waals surface area (Å²) in [5.41, 5.74) is 2.63. The number of hydrogen-bond donors (Lipinski definition) is 1. The van der Waals surface area contributed by atoms with Gasteiger partial charge in [-0.3, -0.25) is 0 Å². The second-order valence-corrected chi connectivity index (χ2v) is 3.97. The van der Waals surface area contributed by atoms with Gasteiger partial charge in [-0.1, -0.05) is 51.5 Å². The topological polar surface area (TPSA) is 20.2 Å². The maximum absolute atomic E-state index is 9.52. The molecule has 0 saturated heterocycles. The molecule has 0 bridgehead atoms. The third kappa shape index (κ3) is 2.36. The molecule has 0 heterocycles. The van der Waals surface area contributed by atoms with E-state index in [-0.39, 0.29) is 6.10 Å². The van der Waals surface area contributed by atoms with E-state index in [1.807, 2.05) is 12.1 Å². The lowest BCUT2D eigenvalue weighted by Crippen LogP contribution is -2.09. The summed E-state index contributed by atoms with van der Waals surface area (Å²) in [7, 11) is 0. The molecule has 1 heteroatoms. The summed E-state index contributed by atoms with van der Waals surface area (Å²) in [6.07, 6.45) is 1.92. The molecule has 0 fully saturated rings. The van der Waals surface area contributed by atoms with Crippen molar-refractivity contribution in [2.75, 3.05) is 0 Å². The van der Waals surface area contributed by atoms with E-state index in [0.717, 1.165) is 6.42 Å². The Labute approximate surface area is 86.8 Å². The summed E-state index contributed by atoms with van der Waals surface area (Å²) in [5, 5.41) is 9.52. The molecule has 0 aliphatic heterocycles. The maximum Gasteiger partial charge on any atom is 0.0646 e. The summed E-state index contributed by atoms with van der Waals surface area (Å²) < 4.78 is 0. The molecule has 2 rings (SSSR count). The normalized spacial score (nSPS) is 23.7. The van der Waals surface area contributed by atoms with Gasteiger partial charge < -0.3 is 5.11 Å². The van der Waals surface area contributed by atoms with Crippen LogP contribution in [0.25, 0.3) is 0 Å². The van der Waals surface area contributed by atoms with Gasteiger partial charge in [0.15, 0.2) is 0 Å². The summed E-state index contributed by atoms with van der Waals surface area (Å²) in [5.74, 6) is 0.325. The van der Waals surface area contributed by atoms with E-state index in [1.165, 1.54) is 17.5 Å². The number of fused-ring (bicyclic) bond motifs is 1. The molecule has 1 aromatic rings. The zero-order chi connectivity index (χ0) is 10.6. The number of benzene rings is 1. The van der Waals surface area contributed by atoms with Gasteiger partial charge in [-0.05, 0) is 17.5 Å². The Balaban J connectivity index is 0.000000293. The van der Waals surface area contributed by atoms with Crippen LogP contribution in [-0.4, -0.2) is 11.2 Å². The Kier molecular flexibility index (Phi) is 4.15. The van der Waals surface area contributed by atoms with Crippen LogP contribution in [0.3, 0.4) is 0 Å². The average Bonchev–Trinajstić information content (AvgIpc) is 2.45. The minimum atomic E-state index is -0.160. The van der Waals surface area contributed by atoms with Gasteiger partial charge in [0.25, 0.3) is 0 Å². The molecule has 1 nitrogen and oxygen atoms in total. The van der Waals surface area contributed by atoms with Crippen LogP contribution in [0.15, 0.2) is 24.3 Å². The van der Waals surface area contributed by atoms with Crippen molar-refractivity contribution < 1.29 is 5.11 Å². The third-order valence-corrected chi connectivity index (χ3v) is 2.55. The van der Waals surface area contributed by atoms with Crippen LogP contribution < -0.4 is 0 Å². The highest BCUT2D eigenvalue weighted by Crippen LogP contribution is 2.32. The second-order valence-electron chi connectivity index (χ2n) is 3.97. The van der Waals surface area contributed by atoms with E-state index >= 15 is 0 Å². The van der Waals surface area contributed by atoms with Gasteiger partial charge in [-0.2, -0.15) is 0 Å². The van der Waals surface area contributed by atoms with E-state index < -0.39 is 0 Å². The van der Waals surface area contributed by atoms with Crippen molar-refractivity contribution >= 4 is 0 Å². The second kappa shape index (κ2) is 5.16. The molecule has 1 aromatic carbocycles. The van der Waals surface area contributed by atoms with Gasteiger partial charge in [-0.25, -0.2) is 0 Å². The number of rotatable bonds is 0. The lowest BCUT2D eigenvalue weighted by atomic mass is 10.0. The van der Waals surface area contributed by atoms with Crippen molar-refractivity contribution in [3.05, 3.63) is 35.4 Å². The Morgan fingerprint density at radius 1 is 1.29 bits per heavy atom. The molecule has 78 valence electrons. The van der Waals surface area contributed by atoms with Gasteiger partial charge in [0.2, 0.25) is 0 Å². The van der Waals surface area contributed by atoms with Crippen LogP contribution in [-0.2, 0) is 6.42 Å². The summed E-state index contributed by atoms with van der Waals surface area (Å²) in [6.45, 7) is 6.33. The molecular weight excluding hydrogens is 172 g/mol. The molecule has 14 heavy (non-hydrogen) atoms. The fraction of sp³-hybridized carbons (Fsp3) is 0.538. The highest BCUT2D eigenvalue weighted by molar-refractivity contribution is 5.36. The van der Waals surface area contributed by atoms with Crippen molar-refractivity contribution in [3.63, 3.8) is 0 Å². The van der Waals surface area contributed by atoms with Crippen LogP contribution in [0.4, 0.5) is 0 Å². The van der Waals surface area contributed by atoms with Crippen molar-refractivity contribution in [1.82, 2.24) is 0 Å². The number of aliphatic hydroxyl groups is 1. The summed E-state index contributed by atoms with van der Waals surface area (Å²) >= 11 is 0. The monoisotopic (exact) mass is 192 g/mol. The molecule has 0 spiro atoms. The van der Waals surface area contributed by atoms with Crippen molar-refractivity contribution in [2.24, 2.45) is 0 Å². The quantitative estimate of drug-likeness (QED) is 0.669. The van der Waals surface area contributed by atoms with E-state index in [4.69, 9.17) is 0 Å². The van der Waals surface area contributed by atoms with Gasteiger partial charge in [-0.15, -0.1) is 0 Å². The van der Waals surface area contributed by atoms with Crippen molar-refractivity contribution in [3.8, 4) is 0 Å². The van der Waals surface area contributed by atoms with Crippen LogP contribution in [0.1, 0.15) is 44.2 Å². The highest BCUT2D eigenvalue weighted by atomic mass is 16.3. The highest BCUT2D eigenvalue weighted by Gasteiger charge is 2.26. The van der Waals surface area contributed by atoms with Gasteiger partial charge in [0, 0.05) is 5.92 Å². The van der Waals surface area contributed by atoms with Crippen LogP contribution in [0.2, 0.25) is 0 Å².